The van der Waals surface area contributed by atoms with Crippen LogP contribution >= 0.6 is 0 Å². The van der Waals surface area contributed by atoms with E-state index in [9.17, 15) is 4.79 Å². The minimum atomic E-state index is 0.0921. The maximum Gasteiger partial charge on any atom is 0.317 e. The molecule has 4 aliphatic rings. The molecular weight excluding hydrogens is 370 g/mol. The Kier molecular flexibility index (Phi) is 7.67. The number of rotatable bonds is 13. The molecule has 166 valence electrons. The molecule has 4 fully saturated rings. The Morgan fingerprint density at radius 3 is 2.07 bits per heavy atom. The van der Waals surface area contributed by atoms with Crippen molar-refractivity contribution in [2.45, 2.75) is 63.8 Å². The molecule has 29 heavy (non-hydrogen) atoms. The largest absolute Gasteiger partial charge is 0.372 e. The number of unbranched alkanes of at least 4 members (excludes halogenated alkanes) is 1. The van der Waals surface area contributed by atoms with Crippen molar-refractivity contribution in [2.24, 2.45) is 11.8 Å². The second-order valence-corrected chi connectivity index (χ2v) is 9.47. The van der Waals surface area contributed by atoms with E-state index in [1.807, 2.05) is 4.90 Å². The van der Waals surface area contributed by atoms with Crippen LogP contribution in [0.2, 0.25) is 0 Å². The Bertz CT molecular complexity index is 508. The number of carbonyl (C=O) groups excluding carboxylic acids is 1. The quantitative estimate of drug-likeness (QED) is 0.373. The zero-order valence-corrected chi connectivity index (χ0v) is 18.0. The number of nitrogens with zero attached hydrogens (tertiary/aromatic N) is 2. The van der Waals surface area contributed by atoms with Crippen LogP contribution in [-0.2, 0) is 14.2 Å². The van der Waals surface area contributed by atoms with Gasteiger partial charge in [0.25, 0.3) is 0 Å². The molecule has 0 aromatic carbocycles. The summed E-state index contributed by atoms with van der Waals surface area (Å²) < 4.78 is 16.3. The second kappa shape index (κ2) is 10.4. The van der Waals surface area contributed by atoms with Crippen LogP contribution in [0.15, 0.2) is 0 Å². The Balaban J connectivity index is 1.25. The average Bonchev–Trinajstić information content (AvgIpc) is 3.52. The van der Waals surface area contributed by atoms with E-state index in [2.05, 4.69) is 17.1 Å². The molecule has 0 spiro atoms. The molecule has 4 rings (SSSR count). The molecule has 1 saturated carbocycles. The normalized spacial score (nSPS) is 32.8. The van der Waals surface area contributed by atoms with Crippen molar-refractivity contribution in [3.8, 4) is 0 Å². The van der Waals surface area contributed by atoms with Crippen molar-refractivity contribution in [3.05, 3.63) is 0 Å². The molecule has 7 heteroatoms. The number of amides is 2. The van der Waals surface area contributed by atoms with Crippen molar-refractivity contribution >= 4 is 6.03 Å². The highest BCUT2D eigenvalue weighted by atomic mass is 16.6. The van der Waals surface area contributed by atoms with Crippen molar-refractivity contribution in [2.75, 3.05) is 59.1 Å². The summed E-state index contributed by atoms with van der Waals surface area (Å²) >= 11 is 0. The summed E-state index contributed by atoms with van der Waals surface area (Å²) in [5.74, 6) is 1.31. The lowest BCUT2D eigenvalue weighted by molar-refractivity contribution is 0.132. The summed E-state index contributed by atoms with van der Waals surface area (Å²) in [6.07, 6.45) is 8.30. The highest BCUT2D eigenvalue weighted by Gasteiger charge is 2.34. The number of epoxide rings is 3. The molecular formula is C22H39N3O4. The summed E-state index contributed by atoms with van der Waals surface area (Å²) in [6, 6.07) is 0.0921. The van der Waals surface area contributed by atoms with Gasteiger partial charge in [-0.2, -0.15) is 0 Å². The van der Waals surface area contributed by atoms with Gasteiger partial charge in [0.1, 0.15) is 0 Å². The molecule has 1 N–H and O–H groups in total. The Morgan fingerprint density at radius 1 is 0.897 bits per heavy atom. The van der Waals surface area contributed by atoms with E-state index in [4.69, 9.17) is 14.2 Å². The lowest BCUT2D eigenvalue weighted by Crippen LogP contribution is -2.45. The number of urea groups is 1. The number of ether oxygens (including phenoxy) is 3. The second-order valence-electron chi connectivity index (χ2n) is 9.47. The zero-order valence-electron chi connectivity index (χ0n) is 18.0. The lowest BCUT2D eigenvalue weighted by Gasteiger charge is -2.35. The topological polar surface area (TPSA) is 73.2 Å². The van der Waals surface area contributed by atoms with Crippen molar-refractivity contribution in [1.82, 2.24) is 15.1 Å². The van der Waals surface area contributed by atoms with E-state index < -0.39 is 0 Å². The fourth-order valence-corrected chi connectivity index (χ4v) is 4.70. The number of hydrogen-bond acceptors (Lipinski definition) is 5. The molecule has 2 amide bonds. The monoisotopic (exact) mass is 409 g/mol. The maximum atomic E-state index is 12.7. The molecule has 1 aliphatic carbocycles. The van der Waals surface area contributed by atoms with Crippen molar-refractivity contribution in [1.29, 1.82) is 0 Å². The maximum absolute atomic E-state index is 12.7. The van der Waals surface area contributed by atoms with Gasteiger partial charge in [-0.1, -0.05) is 19.8 Å². The van der Waals surface area contributed by atoms with E-state index >= 15 is 0 Å². The van der Waals surface area contributed by atoms with Crippen molar-refractivity contribution in [3.63, 3.8) is 0 Å². The molecule has 0 bridgehead atoms. The first-order valence-electron chi connectivity index (χ1n) is 11.8. The van der Waals surface area contributed by atoms with Gasteiger partial charge in [0.2, 0.25) is 0 Å². The third-order valence-electron chi connectivity index (χ3n) is 6.53. The van der Waals surface area contributed by atoms with Gasteiger partial charge in [0.15, 0.2) is 0 Å². The standard InChI is InChI=1S/C22H39N3O4/c1-2-3-7-23-22(26)25(13-21-16-29-21)10-18-6-4-5-17(8-18)9-24(11-19-14-27-19)12-20-15-28-20/h17-21H,2-16H2,1H3,(H,23,26). The number of nitrogens with one attached hydrogen (secondary N) is 1. The van der Waals surface area contributed by atoms with E-state index in [0.717, 1.165) is 71.9 Å². The molecule has 7 nitrogen and oxygen atoms in total. The van der Waals surface area contributed by atoms with Gasteiger partial charge < -0.3 is 24.4 Å². The highest BCUT2D eigenvalue weighted by molar-refractivity contribution is 5.74. The van der Waals surface area contributed by atoms with Crippen LogP contribution < -0.4 is 5.32 Å². The Morgan fingerprint density at radius 2 is 1.48 bits per heavy atom. The SMILES string of the molecule is CCCCNC(=O)N(CC1CCCC(CN(CC2CO2)CC2CO2)C1)CC1CO1. The van der Waals surface area contributed by atoms with Gasteiger partial charge in [0, 0.05) is 32.7 Å². The average molecular weight is 410 g/mol. The molecule has 0 radical (unpaired) electrons. The van der Waals surface area contributed by atoms with E-state index in [1.165, 1.54) is 25.7 Å². The molecule has 5 unspecified atom stereocenters. The molecule has 3 heterocycles. The Hall–Kier alpha value is -0.890. The molecule has 5 atom stereocenters. The van der Waals surface area contributed by atoms with Gasteiger partial charge in [-0.3, -0.25) is 4.90 Å². The fraction of sp³-hybridized carbons (Fsp3) is 0.955. The summed E-state index contributed by atoms with van der Waals surface area (Å²) in [5.41, 5.74) is 0. The molecule has 0 aromatic rings. The van der Waals surface area contributed by atoms with Crippen LogP contribution in [0.1, 0.15) is 45.4 Å². The van der Waals surface area contributed by atoms with E-state index in [-0.39, 0.29) is 12.1 Å². The highest BCUT2D eigenvalue weighted by Crippen LogP contribution is 2.31. The number of carbonyl (C=O) groups is 1. The van der Waals surface area contributed by atoms with Crippen LogP contribution in [0.5, 0.6) is 0 Å². The van der Waals surface area contributed by atoms with Crippen LogP contribution in [0.25, 0.3) is 0 Å². The van der Waals surface area contributed by atoms with Crippen molar-refractivity contribution < 1.29 is 19.0 Å². The van der Waals surface area contributed by atoms with Gasteiger partial charge in [-0.15, -0.1) is 0 Å². The van der Waals surface area contributed by atoms with Gasteiger partial charge in [-0.25, -0.2) is 4.79 Å². The minimum Gasteiger partial charge on any atom is -0.372 e. The third kappa shape index (κ3) is 7.70. The summed E-state index contributed by atoms with van der Waals surface area (Å²) in [4.78, 5) is 17.3. The zero-order chi connectivity index (χ0) is 20.1. The third-order valence-corrected chi connectivity index (χ3v) is 6.53. The first-order chi connectivity index (χ1) is 14.2. The molecule has 0 aromatic heterocycles. The summed E-state index contributed by atoms with van der Waals surface area (Å²) in [6.45, 7) is 10.4. The lowest BCUT2D eigenvalue weighted by atomic mass is 9.80. The van der Waals surface area contributed by atoms with Crippen LogP contribution in [-0.4, -0.2) is 93.2 Å². The van der Waals surface area contributed by atoms with Crippen LogP contribution in [0.3, 0.4) is 0 Å². The minimum absolute atomic E-state index is 0.0921. The Labute approximate surface area is 175 Å². The first-order valence-corrected chi connectivity index (χ1v) is 11.8. The van der Waals surface area contributed by atoms with E-state index in [0.29, 0.717) is 24.0 Å². The van der Waals surface area contributed by atoms with Gasteiger partial charge >= 0.3 is 6.03 Å². The smallest absolute Gasteiger partial charge is 0.317 e. The number of hydrogen-bond donors (Lipinski definition) is 1. The first kappa shape index (κ1) is 21.3. The predicted octanol–water partition coefficient (Wildman–Crippen LogP) is 2.10. The summed E-state index contributed by atoms with van der Waals surface area (Å²) in [7, 11) is 0. The van der Waals surface area contributed by atoms with Crippen LogP contribution in [0, 0.1) is 11.8 Å². The van der Waals surface area contributed by atoms with Gasteiger partial charge in [-0.05, 0) is 37.5 Å². The predicted molar refractivity (Wildman–Crippen MR) is 111 cm³/mol. The van der Waals surface area contributed by atoms with Crippen LogP contribution in [0.4, 0.5) is 4.79 Å². The molecule has 3 saturated heterocycles. The fourth-order valence-electron chi connectivity index (χ4n) is 4.70. The molecule has 3 aliphatic heterocycles. The summed E-state index contributed by atoms with van der Waals surface area (Å²) in [5, 5.41) is 3.10. The van der Waals surface area contributed by atoms with E-state index in [1.54, 1.807) is 0 Å². The van der Waals surface area contributed by atoms with Gasteiger partial charge in [0.05, 0.1) is 44.7 Å².